The molecule has 0 saturated carbocycles. The Bertz CT molecular complexity index is 1290. The smallest absolute Gasteiger partial charge is 0.328 e. The van der Waals surface area contributed by atoms with Gasteiger partial charge < -0.3 is 14.9 Å². The summed E-state index contributed by atoms with van der Waals surface area (Å²) in [7, 11) is 0. The van der Waals surface area contributed by atoms with Crippen LogP contribution in [0.15, 0.2) is 60.7 Å². The maximum Gasteiger partial charge on any atom is 0.328 e. The Labute approximate surface area is 211 Å². The summed E-state index contributed by atoms with van der Waals surface area (Å²) < 4.78 is 6.37. The van der Waals surface area contributed by atoms with Crippen LogP contribution in [0.5, 0.6) is 11.5 Å². The Kier molecular flexibility index (Phi) is 6.70. The number of carboxylic acid groups (broad SMARTS) is 1. The van der Waals surface area contributed by atoms with Crippen LogP contribution < -0.4 is 4.74 Å². The van der Waals surface area contributed by atoms with Crippen molar-refractivity contribution in [1.29, 1.82) is 0 Å². The van der Waals surface area contributed by atoms with Gasteiger partial charge in [0.15, 0.2) is 0 Å². The lowest BCUT2D eigenvalue weighted by Crippen LogP contribution is -2.33. The van der Waals surface area contributed by atoms with E-state index < -0.39 is 5.97 Å². The molecule has 3 aromatic carbocycles. The standard InChI is InChI=1S/C30H31ClO4/c1-29(2)13-14-30(3,4)25-17-27(35-18-20-5-9-21(31)10-6-20)23(16-24(25)29)22-15-19(7-11-26(22)32)8-12-28(33)34/h5-12,15-17,32H,13-14,18H2,1-4H3,(H,33,34)/b12-8+. The first-order valence-electron chi connectivity index (χ1n) is 11.8. The zero-order valence-corrected chi connectivity index (χ0v) is 21.3. The molecule has 5 heteroatoms. The summed E-state index contributed by atoms with van der Waals surface area (Å²) in [6, 6.07) is 16.9. The zero-order chi connectivity index (χ0) is 25.4. The first kappa shape index (κ1) is 24.9. The van der Waals surface area contributed by atoms with Crippen LogP contribution in [-0.2, 0) is 22.2 Å². The third-order valence-electron chi connectivity index (χ3n) is 6.99. The number of hydrogen-bond acceptors (Lipinski definition) is 3. The van der Waals surface area contributed by atoms with Crippen LogP contribution in [0, 0.1) is 0 Å². The van der Waals surface area contributed by atoms with E-state index in [2.05, 4.69) is 39.8 Å². The number of benzene rings is 3. The van der Waals surface area contributed by atoms with E-state index in [0.29, 0.717) is 28.5 Å². The molecule has 2 N–H and O–H groups in total. The fraction of sp³-hybridized carbons (Fsp3) is 0.300. The van der Waals surface area contributed by atoms with Crippen LogP contribution >= 0.6 is 11.6 Å². The second-order valence-corrected chi connectivity index (χ2v) is 11.0. The molecule has 35 heavy (non-hydrogen) atoms. The molecule has 1 aliphatic carbocycles. The van der Waals surface area contributed by atoms with Crippen molar-refractivity contribution in [2.24, 2.45) is 0 Å². The summed E-state index contributed by atoms with van der Waals surface area (Å²) in [5.74, 6) is -0.231. The number of carboxylic acids is 1. The summed E-state index contributed by atoms with van der Waals surface area (Å²) in [6.07, 6.45) is 4.74. The molecule has 0 aromatic heterocycles. The number of aliphatic carboxylic acids is 1. The number of phenolic OH excluding ortho intramolecular Hbond substituents is 1. The highest BCUT2D eigenvalue weighted by molar-refractivity contribution is 6.30. The Morgan fingerprint density at radius 2 is 1.57 bits per heavy atom. The molecule has 0 spiro atoms. The number of aromatic hydroxyl groups is 1. The minimum Gasteiger partial charge on any atom is -0.507 e. The van der Waals surface area contributed by atoms with Gasteiger partial charge in [0.25, 0.3) is 0 Å². The van der Waals surface area contributed by atoms with Gasteiger partial charge in [0.1, 0.15) is 18.1 Å². The molecule has 0 heterocycles. The van der Waals surface area contributed by atoms with Gasteiger partial charge in [0, 0.05) is 22.2 Å². The van der Waals surface area contributed by atoms with Gasteiger partial charge in [0.2, 0.25) is 0 Å². The molecule has 4 rings (SSSR count). The highest BCUT2D eigenvalue weighted by Crippen LogP contribution is 2.50. The van der Waals surface area contributed by atoms with Gasteiger partial charge in [-0.25, -0.2) is 4.79 Å². The third kappa shape index (κ3) is 5.38. The maximum atomic E-state index is 11.0. The maximum absolute atomic E-state index is 11.0. The van der Waals surface area contributed by atoms with Gasteiger partial charge in [-0.1, -0.05) is 57.5 Å². The lowest BCUT2D eigenvalue weighted by atomic mass is 9.62. The van der Waals surface area contributed by atoms with Crippen molar-refractivity contribution in [2.75, 3.05) is 0 Å². The van der Waals surface area contributed by atoms with Gasteiger partial charge in [0.05, 0.1) is 0 Å². The van der Waals surface area contributed by atoms with Crippen LogP contribution in [0.3, 0.4) is 0 Å². The molecular formula is C30H31ClO4. The van der Waals surface area contributed by atoms with Crippen LogP contribution in [0.1, 0.15) is 62.8 Å². The Hall–Kier alpha value is -3.24. The second kappa shape index (κ2) is 9.43. The van der Waals surface area contributed by atoms with Crippen molar-refractivity contribution < 1.29 is 19.7 Å². The monoisotopic (exact) mass is 490 g/mol. The van der Waals surface area contributed by atoms with Gasteiger partial charge in [-0.15, -0.1) is 0 Å². The first-order valence-corrected chi connectivity index (χ1v) is 12.1. The molecule has 0 unspecified atom stereocenters. The number of halogens is 1. The highest BCUT2D eigenvalue weighted by atomic mass is 35.5. The number of rotatable bonds is 6. The molecule has 0 fully saturated rings. The number of carbonyl (C=O) groups is 1. The number of ether oxygens (including phenoxy) is 1. The minimum absolute atomic E-state index is 0.00408. The summed E-state index contributed by atoms with van der Waals surface area (Å²) in [4.78, 5) is 11.0. The lowest BCUT2D eigenvalue weighted by molar-refractivity contribution is -0.131. The van der Waals surface area contributed by atoms with Crippen LogP contribution in [-0.4, -0.2) is 16.2 Å². The van der Waals surface area contributed by atoms with E-state index in [1.54, 1.807) is 18.2 Å². The van der Waals surface area contributed by atoms with Crippen LogP contribution in [0.25, 0.3) is 17.2 Å². The molecule has 0 saturated heterocycles. The number of fused-ring (bicyclic) bond motifs is 1. The lowest BCUT2D eigenvalue weighted by Gasteiger charge is -2.42. The third-order valence-corrected chi connectivity index (χ3v) is 7.24. The SMILES string of the molecule is CC1(C)CCC(C)(C)c2cc(-c3cc(/C=C/C(=O)O)ccc3O)c(OCc3ccc(Cl)cc3)cc21. The topological polar surface area (TPSA) is 66.8 Å². The molecule has 3 aromatic rings. The molecule has 0 aliphatic heterocycles. The summed E-state index contributed by atoms with van der Waals surface area (Å²) >= 11 is 6.04. The fourth-order valence-electron chi connectivity index (χ4n) is 4.71. The van der Waals surface area contributed by atoms with Gasteiger partial charge >= 0.3 is 5.97 Å². The normalized spacial score (nSPS) is 16.1. The number of phenols is 1. The predicted octanol–water partition coefficient (Wildman–Crippen LogP) is 7.74. The summed E-state index contributed by atoms with van der Waals surface area (Å²) in [5, 5.41) is 20.5. The van der Waals surface area contributed by atoms with E-state index in [1.807, 2.05) is 24.3 Å². The summed E-state index contributed by atoms with van der Waals surface area (Å²) in [6.45, 7) is 9.39. The van der Waals surface area contributed by atoms with Crippen LogP contribution in [0.4, 0.5) is 0 Å². The molecular weight excluding hydrogens is 460 g/mol. The van der Waals surface area contributed by atoms with Crippen molar-refractivity contribution >= 4 is 23.6 Å². The molecule has 1 aliphatic rings. The van der Waals surface area contributed by atoms with Crippen molar-refractivity contribution in [2.45, 2.75) is 58.0 Å². The van der Waals surface area contributed by atoms with Crippen molar-refractivity contribution in [3.63, 3.8) is 0 Å². The van der Waals surface area contributed by atoms with Gasteiger partial charge in [-0.05, 0) is 88.4 Å². The molecule has 0 amide bonds. The van der Waals surface area contributed by atoms with E-state index in [9.17, 15) is 9.90 Å². The highest BCUT2D eigenvalue weighted by Gasteiger charge is 2.38. The van der Waals surface area contributed by atoms with Crippen molar-refractivity contribution in [3.8, 4) is 22.6 Å². The molecule has 0 bridgehead atoms. The van der Waals surface area contributed by atoms with Crippen molar-refractivity contribution in [3.05, 3.63) is 87.9 Å². The molecule has 4 nitrogen and oxygen atoms in total. The van der Waals surface area contributed by atoms with Gasteiger partial charge in [-0.2, -0.15) is 0 Å². The zero-order valence-electron chi connectivity index (χ0n) is 20.6. The van der Waals surface area contributed by atoms with E-state index in [1.165, 1.54) is 17.2 Å². The average molecular weight is 491 g/mol. The predicted molar refractivity (Wildman–Crippen MR) is 141 cm³/mol. The Morgan fingerprint density at radius 3 is 2.20 bits per heavy atom. The van der Waals surface area contributed by atoms with Gasteiger partial charge in [-0.3, -0.25) is 0 Å². The first-order chi connectivity index (χ1) is 16.5. The molecule has 0 atom stereocenters. The fourth-order valence-corrected chi connectivity index (χ4v) is 4.83. The second-order valence-electron chi connectivity index (χ2n) is 10.5. The number of hydrogen-bond donors (Lipinski definition) is 2. The Morgan fingerprint density at radius 1 is 0.943 bits per heavy atom. The quantitative estimate of drug-likeness (QED) is 0.347. The van der Waals surface area contributed by atoms with Crippen molar-refractivity contribution in [1.82, 2.24) is 0 Å². The molecule has 182 valence electrons. The minimum atomic E-state index is -1.02. The van der Waals surface area contributed by atoms with E-state index in [-0.39, 0.29) is 16.6 Å². The van der Waals surface area contributed by atoms with E-state index in [0.717, 1.165) is 30.0 Å². The average Bonchev–Trinajstić information content (AvgIpc) is 2.81. The van der Waals surface area contributed by atoms with Crippen LogP contribution in [0.2, 0.25) is 5.02 Å². The summed E-state index contributed by atoms with van der Waals surface area (Å²) in [5.41, 5.74) is 5.53. The largest absolute Gasteiger partial charge is 0.507 e. The van der Waals surface area contributed by atoms with E-state index in [4.69, 9.17) is 21.4 Å². The molecule has 0 radical (unpaired) electrons. The van der Waals surface area contributed by atoms with E-state index >= 15 is 0 Å². The Balaban J connectivity index is 1.87.